The maximum absolute atomic E-state index is 12.4. The molecule has 0 aromatic heterocycles. The van der Waals surface area contributed by atoms with E-state index in [0.29, 0.717) is 5.69 Å². The first-order valence-electron chi connectivity index (χ1n) is 6.80. The predicted octanol–water partition coefficient (Wildman–Crippen LogP) is 1.88. The summed E-state index contributed by atoms with van der Waals surface area (Å²) in [4.78, 5) is 14.0. The number of rotatable bonds is 3. The summed E-state index contributed by atoms with van der Waals surface area (Å²) >= 11 is 0. The van der Waals surface area contributed by atoms with Crippen LogP contribution in [0.15, 0.2) is 29.2 Å². The van der Waals surface area contributed by atoms with Gasteiger partial charge in [0.15, 0.2) is 0 Å². The van der Waals surface area contributed by atoms with Crippen molar-refractivity contribution in [2.75, 3.05) is 11.9 Å². The molecule has 20 heavy (non-hydrogen) atoms. The summed E-state index contributed by atoms with van der Waals surface area (Å²) in [6.07, 6.45) is 5.30. The second-order valence-electron chi connectivity index (χ2n) is 5.27. The molecule has 0 saturated heterocycles. The Balaban J connectivity index is 2.12. The molecule has 5 nitrogen and oxygen atoms in total. The molecule has 110 valence electrons. The van der Waals surface area contributed by atoms with E-state index in [1.54, 1.807) is 24.1 Å². The van der Waals surface area contributed by atoms with E-state index in [0.717, 1.165) is 25.7 Å². The molecule has 0 aliphatic heterocycles. The summed E-state index contributed by atoms with van der Waals surface area (Å²) in [7, 11) is -1.96. The van der Waals surface area contributed by atoms with Crippen LogP contribution in [0.25, 0.3) is 0 Å². The zero-order chi connectivity index (χ0) is 14.8. The predicted molar refractivity (Wildman–Crippen MR) is 77.8 cm³/mol. The average molecular weight is 296 g/mol. The van der Waals surface area contributed by atoms with Crippen molar-refractivity contribution >= 4 is 21.6 Å². The summed E-state index contributed by atoms with van der Waals surface area (Å²) in [5.41, 5.74) is 0.688. The van der Waals surface area contributed by atoms with Crippen molar-refractivity contribution in [1.82, 2.24) is 0 Å². The van der Waals surface area contributed by atoms with Crippen molar-refractivity contribution in [3.05, 3.63) is 24.3 Å². The maximum Gasteiger partial charge on any atom is 0.238 e. The third-order valence-corrected chi connectivity index (χ3v) is 4.77. The Labute approximate surface area is 119 Å². The van der Waals surface area contributed by atoms with Gasteiger partial charge in [0.2, 0.25) is 15.9 Å². The number of benzene rings is 1. The Kier molecular flexibility index (Phi) is 4.45. The van der Waals surface area contributed by atoms with E-state index in [1.807, 2.05) is 0 Å². The monoisotopic (exact) mass is 296 g/mol. The summed E-state index contributed by atoms with van der Waals surface area (Å²) in [6, 6.07) is 6.07. The van der Waals surface area contributed by atoms with Gasteiger partial charge in [-0.1, -0.05) is 19.3 Å². The molecule has 6 heteroatoms. The second kappa shape index (κ2) is 5.93. The largest absolute Gasteiger partial charge is 0.315 e. The average Bonchev–Trinajstić information content (AvgIpc) is 2.46. The fourth-order valence-electron chi connectivity index (χ4n) is 2.61. The highest BCUT2D eigenvalue weighted by molar-refractivity contribution is 7.89. The number of nitrogens with zero attached hydrogens (tertiary/aromatic N) is 1. The molecule has 1 aliphatic rings. The van der Waals surface area contributed by atoms with Crippen LogP contribution in [-0.4, -0.2) is 21.4 Å². The third-order valence-electron chi connectivity index (χ3n) is 3.84. The van der Waals surface area contributed by atoms with Crippen LogP contribution in [0.1, 0.15) is 32.1 Å². The summed E-state index contributed by atoms with van der Waals surface area (Å²) in [6.45, 7) is 0. The molecular formula is C14H20N2O3S. The van der Waals surface area contributed by atoms with Gasteiger partial charge < -0.3 is 4.90 Å². The van der Waals surface area contributed by atoms with Crippen molar-refractivity contribution in [2.24, 2.45) is 11.1 Å². The molecule has 2 rings (SSSR count). The minimum absolute atomic E-state index is 0.0553. The fraction of sp³-hybridized carbons (Fsp3) is 0.500. The first-order chi connectivity index (χ1) is 9.39. The number of carbonyl (C=O) groups is 1. The van der Waals surface area contributed by atoms with E-state index in [4.69, 9.17) is 5.14 Å². The highest BCUT2D eigenvalue weighted by Gasteiger charge is 2.24. The number of sulfonamides is 1. The molecular weight excluding hydrogens is 276 g/mol. The second-order valence-corrected chi connectivity index (χ2v) is 6.83. The Morgan fingerprint density at radius 3 is 2.20 bits per heavy atom. The molecule has 0 bridgehead atoms. The summed E-state index contributed by atoms with van der Waals surface area (Å²) in [5.74, 6) is 0.194. The van der Waals surface area contributed by atoms with Gasteiger partial charge >= 0.3 is 0 Å². The summed E-state index contributed by atoms with van der Waals surface area (Å²) in [5, 5.41) is 5.05. The number of nitrogens with two attached hydrogens (primary N) is 1. The highest BCUT2D eigenvalue weighted by Crippen LogP contribution is 2.27. The Bertz CT molecular complexity index is 575. The molecule has 0 heterocycles. The number of hydrogen-bond acceptors (Lipinski definition) is 3. The van der Waals surface area contributed by atoms with Gasteiger partial charge in [-0.3, -0.25) is 4.79 Å². The maximum atomic E-state index is 12.4. The van der Waals surface area contributed by atoms with Crippen molar-refractivity contribution in [1.29, 1.82) is 0 Å². The van der Waals surface area contributed by atoms with Crippen LogP contribution in [0.4, 0.5) is 5.69 Å². The van der Waals surface area contributed by atoms with E-state index in [1.165, 1.54) is 18.6 Å². The number of amides is 1. The van der Waals surface area contributed by atoms with Crippen molar-refractivity contribution in [3.63, 3.8) is 0 Å². The molecule has 1 aliphatic carbocycles. The lowest BCUT2D eigenvalue weighted by Crippen LogP contribution is -2.33. The zero-order valence-corrected chi connectivity index (χ0v) is 12.4. The van der Waals surface area contributed by atoms with E-state index in [-0.39, 0.29) is 16.7 Å². The zero-order valence-electron chi connectivity index (χ0n) is 11.6. The van der Waals surface area contributed by atoms with Crippen LogP contribution in [0.3, 0.4) is 0 Å². The normalized spacial score (nSPS) is 16.9. The van der Waals surface area contributed by atoms with Gasteiger partial charge in [-0.05, 0) is 37.1 Å². The molecule has 1 fully saturated rings. The third kappa shape index (κ3) is 3.37. The van der Waals surface area contributed by atoms with E-state index >= 15 is 0 Å². The standard InChI is InChI=1S/C14H20N2O3S/c1-16(14(17)11-5-3-2-4-6-11)12-7-9-13(10-8-12)20(15,18)19/h7-11H,2-6H2,1H3,(H2,15,18,19). The molecule has 1 aromatic carbocycles. The smallest absolute Gasteiger partial charge is 0.238 e. The van der Waals surface area contributed by atoms with Crippen LogP contribution in [0.2, 0.25) is 0 Å². The van der Waals surface area contributed by atoms with E-state index < -0.39 is 10.0 Å². The molecule has 2 N–H and O–H groups in total. The van der Waals surface area contributed by atoms with Gasteiger partial charge in [-0.25, -0.2) is 13.6 Å². The molecule has 0 unspecified atom stereocenters. The molecule has 1 aromatic rings. The lowest BCUT2D eigenvalue weighted by Gasteiger charge is -2.26. The molecule has 0 spiro atoms. The highest BCUT2D eigenvalue weighted by atomic mass is 32.2. The molecule has 1 amide bonds. The van der Waals surface area contributed by atoms with Gasteiger partial charge in [0.1, 0.15) is 0 Å². The van der Waals surface area contributed by atoms with Crippen LogP contribution in [0.5, 0.6) is 0 Å². The van der Waals surface area contributed by atoms with Crippen LogP contribution < -0.4 is 10.0 Å². The Morgan fingerprint density at radius 1 is 1.15 bits per heavy atom. The SMILES string of the molecule is CN(C(=O)C1CCCCC1)c1ccc(S(N)(=O)=O)cc1. The number of primary sulfonamides is 1. The van der Waals surface area contributed by atoms with Gasteiger partial charge in [-0.2, -0.15) is 0 Å². The topological polar surface area (TPSA) is 80.5 Å². The van der Waals surface area contributed by atoms with E-state index in [2.05, 4.69) is 0 Å². The number of carbonyl (C=O) groups excluding carboxylic acids is 1. The van der Waals surface area contributed by atoms with Crippen molar-refractivity contribution in [2.45, 2.75) is 37.0 Å². The van der Waals surface area contributed by atoms with Crippen LogP contribution in [0, 0.1) is 5.92 Å². The molecule has 0 radical (unpaired) electrons. The van der Waals surface area contributed by atoms with Crippen molar-refractivity contribution < 1.29 is 13.2 Å². The minimum atomic E-state index is -3.69. The first kappa shape index (κ1) is 15.0. The van der Waals surface area contributed by atoms with Gasteiger partial charge in [-0.15, -0.1) is 0 Å². The molecule has 0 atom stereocenters. The van der Waals surface area contributed by atoms with Crippen LogP contribution in [-0.2, 0) is 14.8 Å². The van der Waals surface area contributed by atoms with Gasteiger partial charge in [0, 0.05) is 18.7 Å². The first-order valence-corrected chi connectivity index (χ1v) is 8.34. The Morgan fingerprint density at radius 2 is 1.70 bits per heavy atom. The number of hydrogen-bond donors (Lipinski definition) is 1. The van der Waals surface area contributed by atoms with Gasteiger partial charge in [0.25, 0.3) is 0 Å². The van der Waals surface area contributed by atoms with E-state index in [9.17, 15) is 13.2 Å². The lowest BCUT2D eigenvalue weighted by atomic mass is 9.88. The van der Waals surface area contributed by atoms with Crippen LogP contribution >= 0.6 is 0 Å². The minimum Gasteiger partial charge on any atom is -0.315 e. The van der Waals surface area contributed by atoms with Crippen molar-refractivity contribution in [3.8, 4) is 0 Å². The number of anilines is 1. The summed E-state index contributed by atoms with van der Waals surface area (Å²) < 4.78 is 22.4. The fourth-order valence-corrected chi connectivity index (χ4v) is 3.13. The quantitative estimate of drug-likeness (QED) is 0.924. The molecule has 1 saturated carbocycles. The lowest BCUT2D eigenvalue weighted by molar-refractivity contribution is -0.123. The Hall–Kier alpha value is -1.40. The van der Waals surface area contributed by atoms with Gasteiger partial charge in [0.05, 0.1) is 4.90 Å².